The number of amides is 1. The molecule has 1 amide bonds. The summed E-state index contributed by atoms with van der Waals surface area (Å²) in [6.45, 7) is 0.987. The topological polar surface area (TPSA) is 130 Å². The number of hydrogen-bond donors (Lipinski definition) is 2. The predicted molar refractivity (Wildman–Crippen MR) is 95.7 cm³/mol. The van der Waals surface area contributed by atoms with Crippen LogP contribution in [0.3, 0.4) is 0 Å². The van der Waals surface area contributed by atoms with Crippen LogP contribution in [0.5, 0.6) is 0 Å². The minimum atomic E-state index is -3.79. The maximum Gasteiger partial charge on any atom is 0.279 e. The molecule has 2 N–H and O–H groups in total. The van der Waals surface area contributed by atoms with Gasteiger partial charge in [-0.15, -0.1) is 0 Å². The highest BCUT2D eigenvalue weighted by molar-refractivity contribution is 7.89. The first-order valence-electron chi connectivity index (χ1n) is 9.19. The van der Waals surface area contributed by atoms with Gasteiger partial charge in [-0.05, 0) is 31.4 Å². The van der Waals surface area contributed by atoms with Gasteiger partial charge < -0.3 is 9.47 Å². The smallest absolute Gasteiger partial charge is 0.279 e. The molecule has 2 aliphatic rings. The molecule has 0 aliphatic carbocycles. The van der Waals surface area contributed by atoms with Crippen LogP contribution in [0.2, 0.25) is 0 Å². The van der Waals surface area contributed by atoms with Crippen LogP contribution < -0.4 is 0 Å². The van der Waals surface area contributed by atoms with Crippen LogP contribution in [-0.2, 0) is 30.9 Å². The van der Waals surface area contributed by atoms with Gasteiger partial charge in [-0.3, -0.25) is 20.2 Å². The van der Waals surface area contributed by atoms with E-state index in [9.17, 15) is 13.2 Å². The van der Waals surface area contributed by atoms with Crippen LogP contribution in [0, 0.1) is 5.92 Å². The number of hydrogen-bond acceptors (Lipinski definition) is 8. The Labute approximate surface area is 163 Å². The second kappa shape index (κ2) is 9.25. The second-order valence-corrected chi connectivity index (χ2v) is 9.06. The molecule has 0 aromatic carbocycles. The van der Waals surface area contributed by atoms with Crippen LogP contribution >= 0.6 is 0 Å². The van der Waals surface area contributed by atoms with Crippen molar-refractivity contribution in [2.45, 2.75) is 37.2 Å². The SMILES string of the molecule is O=C(C1COCCC1S(=O)(=O)N1CCC(OCc2ccccn2)CC1)N(O)O. The lowest BCUT2D eigenvalue weighted by Gasteiger charge is -2.37. The summed E-state index contributed by atoms with van der Waals surface area (Å²) < 4.78 is 38.5. The van der Waals surface area contributed by atoms with Crippen molar-refractivity contribution in [3.05, 3.63) is 30.1 Å². The van der Waals surface area contributed by atoms with Crippen molar-refractivity contribution in [1.29, 1.82) is 0 Å². The Balaban J connectivity index is 1.58. The molecular formula is C17H25N3O7S. The molecule has 2 unspecified atom stereocenters. The van der Waals surface area contributed by atoms with Crippen LogP contribution in [0.1, 0.15) is 25.0 Å². The Morgan fingerprint density at radius 2 is 2.04 bits per heavy atom. The Kier molecular flexibility index (Phi) is 6.96. The van der Waals surface area contributed by atoms with Crippen molar-refractivity contribution in [2.24, 2.45) is 5.92 Å². The van der Waals surface area contributed by atoms with Gasteiger partial charge in [0.05, 0.1) is 36.2 Å². The Bertz CT molecular complexity index is 751. The third-order valence-corrected chi connectivity index (χ3v) is 7.56. The molecular weight excluding hydrogens is 390 g/mol. The normalized spacial score (nSPS) is 24.8. The first-order chi connectivity index (χ1) is 13.4. The summed E-state index contributed by atoms with van der Waals surface area (Å²) in [7, 11) is -3.79. The van der Waals surface area contributed by atoms with Crippen molar-refractivity contribution < 1.29 is 33.1 Å². The molecule has 2 aliphatic heterocycles. The lowest BCUT2D eigenvalue weighted by Crippen LogP contribution is -2.53. The van der Waals surface area contributed by atoms with Gasteiger partial charge in [0.25, 0.3) is 5.91 Å². The maximum atomic E-state index is 13.0. The van der Waals surface area contributed by atoms with Crippen LogP contribution in [0.25, 0.3) is 0 Å². The van der Waals surface area contributed by atoms with Gasteiger partial charge >= 0.3 is 0 Å². The van der Waals surface area contributed by atoms with E-state index in [-0.39, 0.29) is 38.8 Å². The largest absolute Gasteiger partial charge is 0.381 e. The maximum absolute atomic E-state index is 13.0. The van der Waals surface area contributed by atoms with E-state index in [0.29, 0.717) is 19.4 Å². The number of pyridine rings is 1. The molecule has 0 radical (unpaired) electrons. The van der Waals surface area contributed by atoms with Crippen molar-refractivity contribution in [1.82, 2.24) is 14.5 Å². The summed E-state index contributed by atoms with van der Waals surface area (Å²) in [6.07, 6.45) is 2.84. The van der Waals surface area contributed by atoms with Crippen LogP contribution in [0.15, 0.2) is 24.4 Å². The van der Waals surface area contributed by atoms with E-state index in [1.165, 1.54) is 4.31 Å². The van der Waals surface area contributed by atoms with E-state index in [1.54, 1.807) is 6.20 Å². The van der Waals surface area contributed by atoms with Gasteiger partial charge in [-0.25, -0.2) is 12.7 Å². The fourth-order valence-corrected chi connectivity index (χ4v) is 5.69. The van der Waals surface area contributed by atoms with Crippen LogP contribution in [-0.4, -0.2) is 76.9 Å². The summed E-state index contributed by atoms with van der Waals surface area (Å²) >= 11 is 0. The molecule has 0 saturated carbocycles. The molecule has 2 saturated heterocycles. The highest BCUT2D eigenvalue weighted by atomic mass is 32.2. The molecule has 2 fully saturated rings. The zero-order valence-corrected chi connectivity index (χ0v) is 16.2. The molecule has 3 rings (SSSR count). The lowest BCUT2D eigenvalue weighted by molar-refractivity contribution is -0.289. The molecule has 3 heterocycles. The van der Waals surface area contributed by atoms with E-state index < -0.39 is 32.3 Å². The van der Waals surface area contributed by atoms with Crippen molar-refractivity contribution >= 4 is 15.9 Å². The number of hydroxylamine groups is 2. The standard InChI is InChI=1S/C17H25N3O7S/c21-17(20(22)23)15-12-26-10-6-16(15)28(24,25)19-8-4-14(5-9-19)27-11-13-3-1-2-7-18-13/h1-3,7,14-16,22-23H,4-6,8-12H2. The molecule has 1 aromatic heterocycles. The number of carbonyl (C=O) groups excluding carboxylic acids is 1. The molecule has 28 heavy (non-hydrogen) atoms. The van der Waals surface area contributed by atoms with E-state index in [2.05, 4.69) is 4.98 Å². The van der Waals surface area contributed by atoms with E-state index >= 15 is 0 Å². The monoisotopic (exact) mass is 415 g/mol. The van der Waals surface area contributed by atoms with Crippen molar-refractivity contribution in [3.8, 4) is 0 Å². The summed E-state index contributed by atoms with van der Waals surface area (Å²) in [6, 6.07) is 5.58. The zero-order chi connectivity index (χ0) is 20.1. The summed E-state index contributed by atoms with van der Waals surface area (Å²) in [4.78, 5) is 16.1. The van der Waals surface area contributed by atoms with Gasteiger partial charge in [-0.1, -0.05) is 11.3 Å². The first kappa shape index (κ1) is 21.1. The third kappa shape index (κ3) is 4.85. The summed E-state index contributed by atoms with van der Waals surface area (Å²) in [5.74, 6) is -2.23. The quantitative estimate of drug-likeness (QED) is 0.505. The fourth-order valence-electron chi connectivity index (χ4n) is 3.58. The summed E-state index contributed by atoms with van der Waals surface area (Å²) in [5, 5.41) is 16.4. The zero-order valence-electron chi connectivity index (χ0n) is 15.4. The summed E-state index contributed by atoms with van der Waals surface area (Å²) in [5.41, 5.74) is 0.818. The van der Waals surface area contributed by atoms with Gasteiger partial charge in [0.15, 0.2) is 0 Å². The highest BCUT2D eigenvalue weighted by Gasteiger charge is 2.45. The van der Waals surface area contributed by atoms with Crippen molar-refractivity contribution in [2.75, 3.05) is 26.3 Å². The van der Waals surface area contributed by atoms with Crippen LogP contribution in [0.4, 0.5) is 0 Å². The molecule has 0 bridgehead atoms. The number of rotatable bonds is 6. The van der Waals surface area contributed by atoms with E-state index in [0.717, 1.165) is 5.69 Å². The number of aromatic nitrogens is 1. The lowest BCUT2D eigenvalue weighted by atomic mass is 10.0. The molecule has 10 nitrogen and oxygen atoms in total. The van der Waals surface area contributed by atoms with Gasteiger partial charge in [-0.2, -0.15) is 0 Å². The number of carbonyl (C=O) groups is 1. The number of piperidine rings is 1. The molecule has 11 heteroatoms. The van der Waals surface area contributed by atoms with Gasteiger partial charge in [0.1, 0.15) is 0 Å². The number of ether oxygens (including phenoxy) is 2. The number of sulfonamides is 1. The highest BCUT2D eigenvalue weighted by Crippen LogP contribution is 2.28. The third-order valence-electron chi connectivity index (χ3n) is 5.14. The Morgan fingerprint density at radius 3 is 2.68 bits per heavy atom. The number of nitrogens with zero attached hydrogens (tertiary/aromatic N) is 3. The first-order valence-corrected chi connectivity index (χ1v) is 10.7. The average molecular weight is 415 g/mol. The predicted octanol–water partition coefficient (Wildman–Crippen LogP) is 0.405. The van der Waals surface area contributed by atoms with E-state index in [4.69, 9.17) is 19.9 Å². The van der Waals surface area contributed by atoms with Gasteiger partial charge in [0.2, 0.25) is 10.0 Å². The molecule has 1 aromatic rings. The molecule has 0 spiro atoms. The van der Waals surface area contributed by atoms with Crippen molar-refractivity contribution in [3.63, 3.8) is 0 Å². The average Bonchev–Trinajstić information content (AvgIpc) is 2.72. The van der Waals surface area contributed by atoms with E-state index in [1.807, 2.05) is 18.2 Å². The molecule has 2 atom stereocenters. The minimum Gasteiger partial charge on any atom is -0.381 e. The Morgan fingerprint density at radius 1 is 1.29 bits per heavy atom. The Hall–Kier alpha value is -1.63. The second-order valence-electron chi connectivity index (χ2n) is 6.91. The molecule has 156 valence electrons. The van der Waals surface area contributed by atoms with Gasteiger partial charge in [0, 0.05) is 25.9 Å². The minimum absolute atomic E-state index is 0.0639. The fraction of sp³-hybridized carbons (Fsp3) is 0.647.